The predicted octanol–water partition coefficient (Wildman–Crippen LogP) is 0.409. The van der Waals surface area contributed by atoms with Crippen LogP contribution in [0.15, 0.2) is 0 Å². The van der Waals surface area contributed by atoms with Crippen LogP contribution in [0.3, 0.4) is 0 Å². The van der Waals surface area contributed by atoms with Gasteiger partial charge in [-0.2, -0.15) is 0 Å². The molecule has 0 aromatic rings. The molecule has 0 bridgehead atoms. The minimum atomic E-state index is -0.151. The molecule has 4 heteroatoms. The normalized spacial score (nSPS) is 36.7. The van der Waals surface area contributed by atoms with Gasteiger partial charge in [0.2, 0.25) is 5.91 Å². The summed E-state index contributed by atoms with van der Waals surface area (Å²) in [5.41, 5.74) is 5.38. The summed E-state index contributed by atoms with van der Waals surface area (Å²) in [5.74, 6) is -0.117. The van der Waals surface area contributed by atoms with E-state index in [4.69, 9.17) is 10.5 Å². The summed E-state index contributed by atoms with van der Waals surface area (Å²) in [5, 5.41) is 3.52. The predicted molar refractivity (Wildman–Crippen MR) is 57.3 cm³/mol. The number of carbonyl (C=O) groups is 1. The van der Waals surface area contributed by atoms with Crippen LogP contribution in [0.5, 0.6) is 0 Å². The molecule has 1 saturated heterocycles. The van der Waals surface area contributed by atoms with Gasteiger partial charge >= 0.3 is 0 Å². The lowest BCUT2D eigenvalue weighted by atomic mass is 10.0. The van der Waals surface area contributed by atoms with Crippen molar-refractivity contribution in [2.75, 3.05) is 13.2 Å². The Morgan fingerprint density at radius 1 is 1.27 bits per heavy atom. The Hall–Kier alpha value is -0.610. The summed E-state index contributed by atoms with van der Waals surface area (Å²) in [4.78, 5) is 11.2. The maximum atomic E-state index is 11.2. The zero-order valence-electron chi connectivity index (χ0n) is 9.08. The molecule has 1 heterocycles. The van der Waals surface area contributed by atoms with Crippen LogP contribution in [0.1, 0.15) is 32.1 Å². The van der Waals surface area contributed by atoms with Gasteiger partial charge < -0.3 is 15.8 Å². The quantitative estimate of drug-likeness (QED) is 0.712. The highest BCUT2D eigenvalue weighted by Crippen LogP contribution is 2.26. The molecule has 1 saturated carbocycles. The Bertz CT molecular complexity index is 227. The third-order valence-corrected chi connectivity index (χ3v) is 3.49. The van der Waals surface area contributed by atoms with Gasteiger partial charge in [0.25, 0.3) is 0 Å². The summed E-state index contributed by atoms with van der Waals surface area (Å²) in [6.07, 6.45) is 5.40. The van der Waals surface area contributed by atoms with Gasteiger partial charge in [-0.05, 0) is 25.7 Å². The lowest BCUT2D eigenvalue weighted by molar-refractivity contribution is -0.122. The molecule has 0 aromatic carbocycles. The molecule has 2 fully saturated rings. The number of carbonyl (C=O) groups excluding carboxylic acids is 1. The Morgan fingerprint density at radius 3 is 2.80 bits per heavy atom. The van der Waals surface area contributed by atoms with E-state index in [2.05, 4.69) is 5.32 Å². The molecule has 2 rings (SSSR count). The van der Waals surface area contributed by atoms with Gasteiger partial charge in [-0.25, -0.2) is 0 Å². The molecule has 3 N–H and O–H groups in total. The number of rotatable bonds is 3. The monoisotopic (exact) mass is 212 g/mol. The van der Waals surface area contributed by atoms with E-state index in [1.54, 1.807) is 0 Å². The third kappa shape index (κ3) is 2.69. The maximum absolute atomic E-state index is 11.2. The summed E-state index contributed by atoms with van der Waals surface area (Å²) in [6, 6.07) is 0.706. The number of hydrogen-bond donors (Lipinski definition) is 2. The van der Waals surface area contributed by atoms with Crippen LogP contribution in [0.25, 0.3) is 0 Å². The molecular weight excluding hydrogens is 192 g/mol. The summed E-state index contributed by atoms with van der Waals surface area (Å²) in [7, 11) is 0. The fraction of sp³-hybridized carbons (Fsp3) is 0.909. The topological polar surface area (TPSA) is 64.4 Å². The fourth-order valence-electron chi connectivity index (χ4n) is 2.67. The zero-order chi connectivity index (χ0) is 10.7. The lowest BCUT2D eigenvalue weighted by Gasteiger charge is -2.28. The second kappa shape index (κ2) is 4.94. The molecule has 2 aliphatic rings. The molecule has 3 unspecified atom stereocenters. The van der Waals surface area contributed by atoms with Gasteiger partial charge in [-0.1, -0.05) is 6.42 Å². The molecule has 1 aliphatic carbocycles. The van der Waals surface area contributed by atoms with Crippen LogP contribution in [0.4, 0.5) is 0 Å². The van der Waals surface area contributed by atoms with E-state index in [0.29, 0.717) is 6.04 Å². The van der Waals surface area contributed by atoms with E-state index in [0.717, 1.165) is 45.3 Å². The molecule has 0 radical (unpaired) electrons. The number of hydrogen-bond acceptors (Lipinski definition) is 3. The smallest absolute Gasteiger partial charge is 0.222 e. The molecule has 0 aromatic heterocycles. The molecule has 86 valence electrons. The number of nitrogens with two attached hydrogens (primary N) is 1. The molecule has 1 amide bonds. The van der Waals surface area contributed by atoms with Crippen molar-refractivity contribution in [1.82, 2.24) is 5.32 Å². The second-order valence-electron chi connectivity index (χ2n) is 4.63. The average Bonchev–Trinajstić information content (AvgIpc) is 2.67. The zero-order valence-corrected chi connectivity index (χ0v) is 9.08. The van der Waals surface area contributed by atoms with Gasteiger partial charge in [0.1, 0.15) is 0 Å². The Morgan fingerprint density at radius 2 is 2.13 bits per heavy atom. The number of primary amides is 1. The van der Waals surface area contributed by atoms with Crippen molar-refractivity contribution < 1.29 is 9.53 Å². The molecule has 1 aliphatic heterocycles. The van der Waals surface area contributed by atoms with Crippen LogP contribution in [-0.4, -0.2) is 31.2 Å². The van der Waals surface area contributed by atoms with Crippen molar-refractivity contribution in [3.63, 3.8) is 0 Å². The molecule has 4 nitrogen and oxygen atoms in total. The van der Waals surface area contributed by atoms with Crippen LogP contribution in [0.2, 0.25) is 0 Å². The molecule has 0 spiro atoms. The highest BCUT2D eigenvalue weighted by Gasteiger charge is 2.32. The standard InChI is InChI=1S/C11H20N2O2/c12-11(14)9-4-1-5-10(9)13-8-3-2-6-15-7-8/h8-10,13H,1-7H2,(H2,12,14). The van der Waals surface area contributed by atoms with E-state index in [-0.39, 0.29) is 17.9 Å². The van der Waals surface area contributed by atoms with E-state index in [1.807, 2.05) is 0 Å². The first kappa shape index (κ1) is 10.9. The Kier molecular flexibility index (Phi) is 3.59. The first-order valence-electron chi connectivity index (χ1n) is 5.90. The Balaban J connectivity index is 1.84. The highest BCUT2D eigenvalue weighted by atomic mass is 16.5. The van der Waals surface area contributed by atoms with Crippen molar-refractivity contribution in [3.8, 4) is 0 Å². The minimum Gasteiger partial charge on any atom is -0.380 e. The number of nitrogens with one attached hydrogen (secondary N) is 1. The molecular formula is C11H20N2O2. The Labute approximate surface area is 90.5 Å². The van der Waals surface area contributed by atoms with Gasteiger partial charge in [-0.3, -0.25) is 4.79 Å². The summed E-state index contributed by atoms with van der Waals surface area (Å²) in [6.45, 7) is 1.66. The number of amides is 1. The largest absolute Gasteiger partial charge is 0.380 e. The van der Waals surface area contributed by atoms with Crippen LogP contribution >= 0.6 is 0 Å². The van der Waals surface area contributed by atoms with E-state index < -0.39 is 0 Å². The summed E-state index contributed by atoms with van der Waals surface area (Å²) < 4.78 is 5.41. The van der Waals surface area contributed by atoms with Crippen molar-refractivity contribution in [1.29, 1.82) is 0 Å². The molecule has 15 heavy (non-hydrogen) atoms. The van der Waals surface area contributed by atoms with Crippen molar-refractivity contribution in [3.05, 3.63) is 0 Å². The SMILES string of the molecule is NC(=O)C1CCCC1NC1CCCOC1. The van der Waals surface area contributed by atoms with Gasteiger partial charge in [-0.15, -0.1) is 0 Å². The first-order chi connectivity index (χ1) is 7.27. The van der Waals surface area contributed by atoms with Gasteiger partial charge in [0.05, 0.1) is 12.5 Å². The van der Waals surface area contributed by atoms with E-state index in [9.17, 15) is 4.79 Å². The van der Waals surface area contributed by atoms with Crippen LogP contribution in [-0.2, 0) is 9.53 Å². The van der Waals surface area contributed by atoms with Crippen LogP contribution < -0.4 is 11.1 Å². The van der Waals surface area contributed by atoms with Gasteiger partial charge in [0, 0.05) is 18.7 Å². The van der Waals surface area contributed by atoms with Gasteiger partial charge in [0.15, 0.2) is 0 Å². The number of ether oxygens (including phenoxy) is 1. The fourth-order valence-corrected chi connectivity index (χ4v) is 2.67. The maximum Gasteiger partial charge on any atom is 0.222 e. The summed E-state index contributed by atoms with van der Waals surface area (Å²) >= 11 is 0. The average molecular weight is 212 g/mol. The highest BCUT2D eigenvalue weighted by molar-refractivity contribution is 5.77. The van der Waals surface area contributed by atoms with Crippen molar-refractivity contribution in [2.24, 2.45) is 11.7 Å². The van der Waals surface area contributed by atoms with Crippen molar-refractivity contribution in [2.45, 2.75) is 44.2 Å². The second-order valence-corrected chi connectivity index (χ2v) is 4.63. The van der Waals surface area contributed by atoms with Crippen molar-refractivity contribution >= 4 is 5.91 Å². The van der Waals surface area contributed by atoms with E-state index >= 15 is 0 Å². The van der Waals surface area contributed by atoms with E-state index in [1.165, 1.54) is 0 Å². The molecule has 3 atom stereocenters. The lowest BCUT2D eigenvalue weighted by Crippen LogP contribution is -2.47. The minimum absolute atomic E-state index is 0.0342. The first-order valence-corrected chi connectivity index (χ1v) is 5.90. The van der Waals surface area contributed by atoms with Crippen LogP contribution in [0, 0.1) is 5.92 Å². The third-order valence-electron chi connectivity index (χ3n) is 3.49.